The third-order valence-corrected chi connectivity index (χ3v) is 3.97. The molecule has 2 N–H and O–H groups in total. The number of ether oxygens (including phenoxy) is 1. The van der Waals surface area contributed by atoms with Crippen LogP contribution in [0.4, 0.5) is 17.2 Å². The second-order valence-corrected chi connectivity index (χ2v) is 5.83. The quantitative estimate of drug-likeness (QED) is 0.726. The first-order valence-corrected chi connectivity index (χ1v) is 8.18. The van der Waals surface area contributed by atoms with Crippen molar-refractivity contribution in [1.82, 2.24) is 9.97 Å². The molecule has 0 spiro atoms. The van der Waals surface area contributed by atoms with Crippen molar-refractivity contribution in [3.05, 3.63) is 71.7 Å². The summed E-state index contributed by atoms with van der Waals surface area (Å²) in [6.07, 6.45) is 2.97. The van der Waals surface area contributed by atoms with Crippen molar-refractivity contribution in [3.63, 3.8) is 0 Å². The van der Waals surface area contributed by atoms with E-state index in [1.807, 2.05) is 56.3 Å². The maximum absolute atomic E-state index is 12.4. The third kappa shape index (κ3) is 3.80. The summed E-state index contributed by atoms with van der Waals surface area (Å²) in [5.74, 6) is 0.933. The standard InChI is InChI=1S/C20H20N4O2/c1-13-7-6-8-14(2)19(13)24-20(25)16-11-22-18(12-21-16)23-15-9-4-5-10-17(15)26-3/h4-12H,1-3H3,(H,22,23)(H,24,25). The fourth-order valence-electron chi connectivity index (χ4n) is 2.58. The zero-order valence-electron chi connectivity index (χ0n) is 14.9. The lowest BCUT2D eigenvalue weighted by atomic mass is 10.1. The van der Waals surface area contributed by atoms with Crippen LogP contribution in [-0.4, -0.2) is 23.0 Å². The second-order valence-electron chi connectivity index (χ2n) is 5.83. The number of hydrogen-bond donors (Lipinski definition) is 2. The molecule has 26 heavy (non-hydrogen) atoms. The van der Waals surface area contributed by atoms with Gasteiger partial charge in [0.25, 0.3) is 5.91 Å². The van der Waals surface area contributed by atoms with Crippen molar-refractivity contribution in [2.45, 2.75) is 13.8 Å². The molecule has 1 heterocycles. The molecule has 2 aromatic carbocycles. The number of benzene rings is 2. The van der Waals surface area contributed by atoms with Crippen molar-refractivity contribution >= 4 is 23.1 Å². The summed E-state index contributed by atoms with van der Waals surface area (Å²) in [7, 11) is 1.60. The van der Waals surface area contributed by atoms with Gasteiger partial charge in [-0.25, -0.2) is 9.97 Å². The number of amides is 1. The Morgan fingerprint density at radius 2 is 1.69 bits per heavy atom. The van der Waals surface area contributed by atoms with E-state index in [-0.39, 0.29) is 11.6 Å². The van der Waals surface area contributed by atoms with Gasteiger partial charge in [-0.3, -0.25) is 4.79 Å². The van der Waals surface area contributed by atoms with E-state index in [2.05, 4.69) is 20.6 Å². The molecule has 0 radical (unpaired) electrons. The topological polar surface area (TPSA) is 76.1 Å². The first kappa shape index (κ1) is 17.4. The molecule has 0 saturated heterocycles. The lowest BCUT2D eigenvalue weighted by Crippen LogP contribution is -2.15. The van der Waals surface area contributed by atoms with E-state index in [0.717, 1.165) is 22.5 Å². The van der Waals surface area contributed by atoms with Gasteiger partial charge in [0.2, 0.25) is 0 Å². The van der Waals surface area contributed by atoms with Crippen molar-refractivity contribution in [2.75, 3.05) is 17.7 Å². The molecule has 1 amide bonds. The maximum atomic E-state index is 12.4. The Kier molecular flexibility index (Phi) is 5.12. The van der Waals surface area contributed by atoms with Crippen LogP contribution < -0.4 is 15.4 Å². The Hall–Kier alpha value is -3.41. The molecule has 6 heteroatoms. The van der Waals surface area contributed by atoms with E-state index >= 15 is 0 Å². The average Bonchev–Trinajstić information content (AvgIpc) is 2.66. The number of nitrogens with zero attached hydrogens (tertiary/aromatic N) is 2. The predicted molar refractivity (Wildman–Crippen MR) is 102 cm³/mol. The molecule has 6 nitrogen and oxygen atoms in total. The van der Waals surface area contributed by atoms with Crippen molar-refractivity contribution in [3.8, 4) is 5.75 Å². The number of methoxy groups -OCH3 is 1. The van der Waals surface area contributed by atoms with E-state index in [9.17, 15) is 4.79 Å². The minimum Gasteiger partial charge on any atom is -0.495 e. The Labute approximate surface area is 152 Å². The Balaban J connectivity index is 1.74. The van der Waals surface area contributed by atoms with Gasteiger partial charge >= 0.3 is 0 Å². The minimum atomic E-state index is -0.293. The number of hydrogen-bond acceptors (Lipinski definition) is 5. The number of nitrogens with one attached hydrogen (secondary N) is 2. The monoisotopic (exact) mass is 348 g/mol. The smallest absolute Gasteiger partial charge is 0.275 e. The lowest BCUT2D eigenvalue weighted by Gasteiger charge is -2.12. The summed E-state index contributed by atoms with van der Waals surface area (Å²) in [5.41, 5.74) is 3.83. The molecule has 3 aromatic rings. The summed E-state index contributed by atoms with van der Waals surface area (Å²) in [4.78, 5) is 20.9. The molecule has 0 aliphatic carbocycles. The van der Waals surface area contributed by atoms with Gasteiger partial charge < -0.3 is 15.4 Å². The van der Waals surface area contributed by atoms with Crippen molar-refractivity contribution in [2.24, 2.45) is 0 Å². The highest BCUT2D eigenvalue weighted by atomic mass is 16.5. The van der Waals surface area contributed by atoms with Crippen LogP contribution in [0.5, 0.6) is 5.75 Å². The Morgan fingerprint density at radius 1 is 0.962 bits per heavy atom. The summed E-state index contributed by atoms with van der Waals surface area (Å²) in [5, 5.41) is 6.03. The second kappa shape index (κ2) is 7.65. The third-order valence-electron chi connectivity index (χ3n) is 3.97. The van der Waals surface area contributed by atoms with Gasteiger partial charge in [0.15, 0.2) is 0 Å². The van der Waals surface area contributed by atoms with E-state index in [1.54, 1.807) is 7.11 Å². The highest BCUT2D eigenvalue weighted by Crippen LogP contribution is 2.26. The number of rotatable bonds is 5. The first-order chi connectivity index (χ1) is 12.6. The number of aryl methyl sites for hydroxylation is 2. The van der Waals surface area contributed by atoms with Gasteiger partial charge in [-0.2, -0.15) is 0 Å². The zero-order valence-corrected chi connectivity index (χ0v) is 14.9. The molecule has 3 rings (SSSR count). The van der Waals surface area contributed by atoms with E-state index < -0.39 is 0 Å². The van der Waals surface area contributed by atoms with Crippen LogP contribution >= 0.6 is 0 Å². The number of anilines is 3. The molecule has 0 atom stereocenters. The Bertz CT molecular complexity index is 903. The van der Waals surface area contributed by atoms with Gasteiger partial charge in [0.1, 0.15) is 17.3 Å². The molecule has 1 aromatic heterocycles. The summed E-state index contributed by atoms with van der Waals surface area (Å²) < 4.78 is 5.29. The molecule has 0 aliphatic rings. The normalized spacial score (nSPS) is 10.3. The van der Waals surface area contributed by atoms with Crippen molar-refractivity contribution < 1.29 is 9.53 Å². The fourth-order valence-corrected chi connectivity index (χ4v) is 2.58. The van der Waals surface area contributed by atoms with E-state index in [1.165, 1.54) is 12.4 Å². The fraction of sp³-hybridized carbons (Fsp3) is 0.150. The highest BCUT2D eigenvalue weighted by molar-refractivity contribution is 6.03. The predicted octanol–water partition coefficient (Wildman–Crippen LogP) is 4.10. The minimum absolute atomic E-state index is 0.248. The molecule has 0 unspecified atom stereocenters. The molecule has 0 aliphatic heterocycles. The van der Waals surface area contributed by atoms with Gasteiger partial charge in [0, 0.05) is 5.69 Å². The van der Waals surface area contributed by atoms with Crippen molar-refractivity contribution in [1.29, 1.82) is 0 Å². The largest absolute Gasteiger partial charge is 0.495 e. The van der Waals surface area contributed by atoms with Crippen LogP contribution in [0, 0.1) is 13.8 Å². The molecule has 0 saturated carbocycles. The number of aromatic nitrogens is 2. The summed E-state index contributed by atoms with van der Waals surface area (Å²) in [6.45, 7) is 3.91. The van der Waals surface area contributed by atoms with Crippen LogP contribution in [0.3, 0.4) is 0 Å². The van der Waals surface area contributed by atoms with Gasteiger partial charge in [-0.1, -0.05) is 30.3 Å². The number of carbonyl (C=O) groups excluding carboxylic acids is 1. The number of carbonyl (C=O) groups is 1. The maximum Gasteiger partial charge on any atom is 0.275 e. The summed E-state index contributed by atoms with van der Waals surface area (Å²) >= 11 is 0. The highest BCUT2D eigenvalue weighted by Gasteiger charge is 2.12. The average molecular weight is 348 g/mol. The van der Waals surface area contributed by atoms with Gasteiger partial charge in [-0.05, 0) is 37.1 Å². The Morgan fingerprint density at radius 3 is 2.35 bits per heavy atom. The van der Waals surface area contributed by atoms with E-state index in [0.29, 0.717) is 11.6 Å². The molecule has 0 bridgehead atoms. The molecule has 132 valence electrons. The molecular weight excluding hydrogens is 328 g/mol. The van der Waals surface area contributed by atoms with Crippen LogP contribution in [0.1, 0.15) is 21.6 Å². The molecule has 0 fully saturated rings. The SMILES string of the molecule is COc1ccccc1Nc1cnc(C(=O)Nc2c(C)cccc2C)cn1. The summed E-state index contributed by atoms with van der Waals surface area (Å²) in [6, 6.07) is 13.4. The van der Waals surface area contributed by atoms with Gasteiger partial charge in [0.05, 0.1) is 25.2 Å². The van der Waals surface area contributed by atoms with E-state index in [4.69, 9.17) is 4.74 Å². The van der Waals surface area contributed by atoms with Gasteiger partial charge in [-0.15, -0.1) is 0 Å². The van der Waals surface area contributed by atoms with Crippen LogP contribution in [0.25, 0.3) is 0 Å². The number of para-hydroxylation sites is 3. The van der Waals surface area contributed by atoms with Crippen LogP contribution in [0.15, 0.2) is 54.9 Å². The zero-order chi connectivity index (χ0) is 18.5. The first-order valence-electron chi connectivity index (χ1n) is 8.18. The van der Waals surface area contributed by atoms with Crippen LogP contribution in [0.2, 0.25) is 0 Å². The lowest BCUT2D eigenvalue weighted by molar-refractivity contribution is 0.102. The molecular formula is C20H20N4O2. The van der Waals surface area contributed by atoms with Crippen LogP contribution in [-0.2, 0) is 0 Å².